The molecule has 0 saturated carbocycles. The summed E-state index contributed by atoms with van der Waals surface area (Å²) in [5.74, 6) is 0. The summed E-state index contributed by atoms with van der Waals surface area (Å²) in [5, 5.41) is 11.6. The zero-order chi connectivity index (χ0) is 9.84. The van der Waals surface area contributed by atoms with E-state index in [9.17, 15) is 0 Å². The normalized spacial score (nSPS) is 10.3. The number of aliphatic imine (C=N–C) groups is 1. The molecule has 1 rings (SSSR count). The minimum atomic E-state index is 0.449. The van der Waals surface area contributed by atoms with Gasteiger partial charge in [-0.1, -0.05) is 11.6 Å². The van der Waals surface area contributed by atoms with Crippen LogP contribution in [-0.2, 0) is 0 Å². The molecule has 1 aromatic rings. The van der Waals surface area contributed by atoms with Crippen LogP contribution >= 0.6 is 22.9 Å². The van der Waals surface area contributed by atoms with Gasteiger partial charge in [-0.05, 0) is 0 Å². The lowest BCUT2D eigenvalue weighted by Gasteiger charge is -2.00. The average Bonchev–Trinajstić information content (AvgIpc) is 2.42. The number of nitriles is 1. The molecule has 0 saturated heterocycles. The molecule has 0 aliphatic carbocycles. The standard InChI is InChI=1S/C8H8ClN3S/c1-12(2)5-11-8-6(3-10)7(9)4-13-8/h4-5H,1-2H3/b11-5+. The molecule has 0 atom stereocenters. The van der Waals surface area contributed by atoms with Crippen molar-refractivity contribution < 1.29 is 0 Å². The molecular weight excluding hydrogens is 206 g/mol. The van der Waals surface area contributed by atoms with Crippen LogP contribution in [0.5, 0.6) is 0 Å². The van der Waals surface area contributed by atoms with E-state index >= 15 is 0 Å². The minimum absolute atomic E-state index is 0.449. The number of halogens is 1. The van der Waals surface area contributed by atoms with E-state index in [0.29, 0.717) is 15.6 Å². The van der Waals surface area contributed by atoms with Crippen LogP contribution in [0.3, 0.4) is 0 Å². The summed E-state index contributed by atoms with van der Waals surface area (Å²) in [6.45, 7) is 0. The summed E-state index contributed by atoms with van der Waals surface area (Å²) in [6, 6.07) is 2.01. The predicted octanol–water partition coefficient (Wildman–Crippen LogP) is 2.49. The van der Waals surface area contributed by atoms with Crippen LogP contribution in [0.15, 0.2) is 10.4 Å². The molecule has 0 N–H and O–H groups in total. The van der Waals surface area contributed by atoms with E-state index in [1.807, 2.05) is 20.2 Å². The molecule has 1 heterocycles. The zero-order valence-corrected chi connectivity index (χ0v) is 8.85. The second-order valence-corrected chi connectivity index (χ2v) is 3.85. The van der Waals surface area contributed by atoms with Gasteiger partial charge >= 0.3 is 0 Å². The van der Waals surface area contributed by atoms with Crippen molar-refractivity contribution in [2.75, 3.05) is 14.1 Å². The molecule has 0 radical (unpaired) electrons. The molecule has 0 aromatic carbocycles. The maximum Gasteiger partial charge on any atom is 0.137 e. The Morgan fingerprint density at radius 3 is 2.92 bits per heavy atom. The van der Waals surface area contributed by atoms with Gasteiger partial charge in [0.2, 0.25) is 0 Å². The van der Waals surface area contributed by atoms with Crippen molar-refractivity contribution >= 4 is 34.3 Å². The lowest BCUT2D eigenvalue weighted by molar-refractivity contribution is 0.643. The summed E-state index contributed by atoms with van der Waals surface area (Å²) >= 11 is 7.12. The molecule has 0 unspecified atom stereocenters. The Labute approximate surface area is 85.9 Å². The molecule has 0 fully saturated rings. The van der Waals surface area contributed by atoms with E-state index in [2.05, 4.69) is 4.99 Å². The van der Waals surface area contributed by atoms with Crippen molar-refractivity contribution in [3.63, 3.8) is 0 Å². The van der Waals surface area contributed by atoms with Gasteiger partial charge in [-0.15, -0.1) is 11.3 Å². The first-order valence-corrected chi connectivity index (χ1v) is 4.78. The summed E-state index contributed by atoms with van der Waals surface area (Å²) in [7, 11) is 3.73. The molecular formula is C8H8ClN3S. The molecule has 68 valence electrons. The minimum Gasteiger partial charge on any atom is -0.369 e. The number of nitrogens with zero attached hydrogens (tertiary/aromatic N) is 3. The molecule has 13 heavy (non-hydrogen) atoms. The van der Waals surface area contributed by atoms with Gasteiger partial charge in [-0.3, -0.25) is 0 Å². The first-order chi connectivity index (χ1) is 6.15. The van der Waals surface area contributed by atoms with Gasteiger partial charge in [0.15, 0.2) is 0 Å². The SMILES string of the molecule is CN(C)/C=N/c1scc(Cl)c1C#N. The molecule has 3 nitrogen and oxygen atoms in total. The van der Waals surface area contributed by atoms with Gasteiger partial charge < -0.3 is 4.90 Å². The summed E-state index contributed by atoms with van der Waals surface area (Å²) in [6.07, 6.45) is 1.64. The quantitative estimate of drug-likeness (QED) is 0.559. The molecule has 0 bridgehead atoms. The van der Waals surface area contributed by atoms with Crippen LogP contribution in [0.2, 0.25) is 5.02 Å². The fraction of sp³-hybridized carbons (Fsp3) is 0.250. The Morgan fingerprint density at radius 1 is 1.69 bits per heavy atom. The van der Waals surface area contributed by atoms with E-state index in [-0.39, 0.29) is 0 Å². The van der Waals surface area contributed by atoms with Crippen LogP contribution in [0, 0.1) is 11.3 Å². The Hall–Kier alpha value is -1.05. The highest BCUT2D eigenvalue weighted by Gasteiger charge is 2.07. The molecule has 0 aliphatic heterocycles. The van der Waals surface area contributed by atoms with E-state index < -0.39 is 0 Å². The van der Waals surface area contributed by atoms with Crippen LogP contribution < -0.4 is 0 Å². The van der Waals surface area contributed by atoms with Crippen LogP contribution in [0.25, 0.3) is 0 Å². The van der Waals surface area contributed by atoms with E-state index in [4.69, 9.17) is 16.9 Å². The molecule has 0 amide bonds. The number of hydrogen-bond donors (Lipinski definition) is 0. The van der Waals surface area contributed by atoms with Gasteiger partial charge in [0.05, 0.1) is 11.4 Å². The van der Waals surface area contributed by atoms with Crippen molar-refractivity contribution in [1.82, 2.24) is 4.90 Å². The Balaban J connectivity index is 2.97. The highest BCUT2D eigenvalue weighted by Crippen LogP contribution is 2.33. The van der Waals surface area contributed by atoms with Crippen molar-refractivity contribution in [1.29, 1.82) is 5.26 Å². The number of rotatable bonds is 2. The highest BCUT2D eigenvalue weighted by atomic mass is 35.5. The largest absolute Gasteiger partial charge is 0.369 e. The molecule has 1 aromatic heterocycles. The Kier molecular flexibility index (Phi) is 3.29. The highest BCUT2D eigenvalue weighted by molar-refractivity contribution is 7.14. The molecule has 0 aliphatic rings. The maximum atomic E-state index is 8.74. The van der Waals surface area contributed by atoms with Gasteiger partial charge in [-0.25, -0.2) is 4.99 Å². The topological polar surface area (TPSA) is 39.4 Å². The monoisotopic (exact) mass is 213 g/mol. The van der Waals surface area contributed by atoms with E-state index in [1.165, 1.54) is 11.3 Å². The maximum absolute atomic E-state index is 8.74. The Morgan fingerprint density at radius 2 is 2.38 bits per heavy atom. The fourth-order valence-corrected chi connectivity index (χ4v) is 1.73. The van der Waals surface area contributed by atoms with Gasteiger partial charge in [0, 0.05) is 19.5 Å². The van der Waals surface area contributed by atoms with Crippen LogP contribution in [-0.4, -0.2) is 25.3 Å². The third kappa shape index (κ3) is 2.44. The summed E-state index contributed by atoms with van der Waals surface area (Å²) in [5.41, 5.74) is 0.449. The second kappa shape index (κ2) is 4.26. The van der Waals surface area contributed by atoms with E-state index in [1.54, 1.807) is 16.6 Å². The molecule has 5 heteroatoms. The lowest BCUT2D eigenvalue weighted by Crippen LogP contribution is -2.06. The third-order valence-electron chi connectivity index (χ3n) is 1.24. The smallest absolute Gasteiger partial charge is 0.137 e. The zero-order valence-electron chi connectivity index (χ0n) is 7.28. The second-order valence-electron chi connectivity index (χ2n) is 2.58. The average molecular weight is 214 g/mol. The van der Waals surface area contributed by atoms with Gasteiger partial charge in [0.1, 0.15) is 16.6 Å². The fourth-order valence-electron chi connectivity index (χ4n) is 0.692. The third-order valence-corrected chi connectivity index (χ3v) is 2.56. The number of thiophene rings is 1. The van der Waals surface area contributed by atoms with Gasteiger partial charge in [0.25, 0.3) is 0 Å². The Bertz CT molecular complexity index is 362. The predicted molar refractivity (Wildman–Crippen MR) is 55.9 cm³/mol. The van der Waals surface area contributed by atoms with Crippen LogP contribution in [0.1, 0.15) is 5.56 Å². The first-order valence-electron chi connectivity index (χ1n) is 3.53. The van der Waals surface area contributed by atoms with Crippen molar-refractivity contribution in [2.24, 2.45) is 4.99 Å². The lowest BCUT2D eigenvalue weighted by atomic mass is 10.3. The van der Waals surface area contributed by atoms with Crippen molar-refractivity contribution in [3.05, 3.63) is 16.0 Å². The van der Waals surface area contributed by atoms with E-state index in [0.717, 1.165) is 0 Å². The van der Waals surface area contributed by atoms with Gasteiger partial charge in [-0.2, -0.15) is 5.26 Å². The summed E-state index contributed by atoms with van der Waals surface area (Å²) in [4.78, 5) is 5.91. The first kappa shape index (κ1) is 10.0. The molecule has 0 spiro atoms. The number of hydrogen-bond acceptors (Lipinski definition) is 3. The van der Waals surface area contributed by atoms with Crippen molar-refractivity contribution in [3.8, 4) is 6.07 Å². The van der Waals surface area contributed by atoms with Crippen molar-refractivity contribution in [2.45, 2.75) is 0 Å². The summed E-state index contributed by atoms with van der Waals surface area (Å²) < 4.78 is 0. The van der Waals surface area contributed by atoms with Crippen LogP contribution in [0.4, 0.5) is 5.00 Å².